The van der Waals surface area contributed by atoms with Gasteiger partial charge in [0.15, 0.2) is 0 Å². The summed E-state index contributed by atoms with van der Waals surface area (Å²) < 4.78 is 30.1. The molecule has 19 heavy (non-hydrogen) atoms. The van der Waals surface area contributed by atoms with Gasteiger partial charge < -0.3 is 4.74 Å². The number of ether oxygens (including phenoxy) is 1. The van der Waals surface area contributed by atoms with Crippen molar-refractivity contribution in [3.05, 3.63) is 29.8 Å². The van der Waals surface area contributed by atoms with Gasteiger partial charge in [0.05, 0.1) is 12.9 Å². The zero-order chi connectivity index (χ0) is 13.9. The molecule has 1 saturated heterocycles. The first-order chi connectivity index (χ1) is 8.95. The fourth-order valence-corrected chi connectivity index (χ4v) is 3.13. The Hall–Kier alpha value is -1.07. The van der Waals surface area contributed by atoms with Crippen molar-refractivity contribution in [1.82, 2.24) is 4.31 Å². The molecule has 2 rings (SSSR count). The normalized spacial score (nSPS) is 18.4. The molecule has 0 N–H and O–H groups in total. The number of rotatable bonds is 4. The van der Waals surface area contributed by atoms with E-state index in [4.69, 9.17) is 4.74 Å². The third kappa shape index (κ3) is 4.21. The van der Waals surface area contributed by atoms with Crippen LogP contribution in [-0.2, 0) is 10.0 Å². The van der Waals surface area contributed by atoms with Gasteiger partial charge in [-0.2, -0.15) is 0 Å². The van der Waals surface area contributed by atoms with E-state index < -0.39 is 10.0 Å². The lowest BCUT2D eigenvalue weighted by molar-refractivity contribution is 0.185. The lowest BCUT2D eigenvalue weighted by atomic mass is 9.99. The van der Waals surface area contributed by atoms with Gasteiger partial charge in [-0.15, -0.1) is 0 Å². The Morgan fingerprint density at radius 2 is 1.79 bits per heavy atom. The fourth-order valence-electron chi connectivity index (χ4n) is 2.26. The molecule has 0 radical (unpaired) electrons. The van der Waals surface area contributed by atoms with Crippen molar-refractivity contribution in [1.29, 1.82) is 0 Å². The molecule has 1 aliphatic heterocycles. The van der Waals surface area contributed by atoms with E-state index in [1.807, 2.05) is 31.2 Å². The van der Waals surface area contributed by atoms with Crippen LogP contribution in [0.2, 0.25) is 0 Å². The molecule has 0 saturated carbocycles. The molecular weight excluding hydrogens is 262 g/mol. The van der Waals surface area contributed by atoms with Gasteiger partial charge in [-0.25, -0.2) is 12.7 Å². The fraction of sp³-hybridized carbons (Fsp3) is 0.571. The molecule has 1 aliphatic rings. The highest BCUT2D eigenvalue weighted by molar-refractivity contribution is 7.88. The van der Waals surface area contributed by atoms with Crippen LogP contribution in [0.5, 0.6) is 5.75 Å². The Morgan fingerprint density at radius 1 is 1.21 bits per heavy atom. The first kappa shape index (κ1) is 14.3. The number of sulfonamides is 1. The van der Waals surface area contributed by atoms with E-state index in [1.54, 1.807) is 4.31 Å². The highest BCUT2D eigenvalue weighted by Gasteiger charge is 2.25. The molecule has 1 aromatic carbocycles. The Kier molecular flexibility index (Phi) is 4.47. The van der Waals surface area contributed by atoms with Crippen LogP contribution in [0.4, 0.5) is 0 Å². The quantitative estimate of drug-likeness (QED) is 0.849. The maximum atomic E-state index is 11.4. The van der Waals surface area contributed by atoms with Crippen molar-refractivity contribution in [2.75, 3.05) is 26.0 Å². The second kappa shape index (κ2) is 5.92. The minimum Gasteiger partial charge on any atom is -0.493 e. The molecule has 1 fully saturated rings. The summed E-state index contributed by atoms with van der Waals surface area (Å²) in [5.74, 6) is 1.33. The molecule has 0 unspecified atom stereocenters. The zero-order valence-electron chi connectivity index (χ0n) is 11.5. The number of nitrogens with zero attached hydrogens (tertiary/aromatic N) is 1. The largest absolute Gasteiger partial charge is 0.493 e. The summed E-state index contributed by atoms with van der Waals surface area (Å²) >= 11 is 0. The van der Waals surface area contributed by atoms with E-state index in [-0.39, 0.29) is 0 Å². The summed E-state index contributed by atoms with van der Waals surface area (Å²) in [5, 5.41) is 0. The number of piperidine rings is 1. The third-order valence-corrected chi connectivity index (χ3v) is 4.85. The molecular formula is C14H21NO3S. The topological polar surface area (TPSA) is 46.6 Å². The van der Waals surface area contributed by atoms with Gasteiger partial charge in [-0.05, 0) is 37.8 Å². The molecule has 4 nitrogen and oxygen atoms in total. The molecule has 0 spiro atoms. The maximum absolute atomic E-state index is 11.4. The predicted molar refractivity (Wildman–Crippen MR) is 75.8 cm³/mol. The highest BCUT2D eigenvalue weighted by Crippen LogP contribution is 2.21. The van der Waals surface area contributed by atoms with E-state index >= 15 is 0 Å². The van der Waals surface area contributed by atoms with E-state index in [2.05, 4.69) is 0 Å². The van der Waals surface area contributed by atoms with Crippen molar-refractivity contribution in [3.8, 4) is 5.75 Å². The van der Waals surface area contributed by atoms with Gasteiger partial charge in [-0.3, -0.25) is 0 Å². The average molecular weight is 283 g/mol. The second-order valence-corrected chi connectivity index (χ2v) is 7.21. The van der Waals surface area contributed by atoms with Crippen molar-refractivity contribution < 1.29 is 13.2 Å². The molecule has 5 heteroatoms. The van der Waals surface area contributed by atoms with Gasteiger partial charge in [0.25, 0.3) is 0 Å². The van der Waals surface area contributed by atoms with Crippen molar-refractivity contribution in [3.63, 3.8) is 0 Å². The second-order valence-electron chi connectivity index (χ2n) is 5.23. The van der Waals surface area contributed by atoms with Crippen LogP contribution >= 0.6 is 0 Å². The van der Waals surface area contributed by atoms with E-state index in [0.29, 0.717) is 25.6 Å². The summed E-state index contributed by atoms with van der Waals surface area (Å²) in [4.78, 5) is 0. The van der Waals surface area contributed by atoms with Crippen LogP contribution in [0.3, 0.4) is 0 Å². The van der Waals surface area contributed by atoms with Gasteiger partial charge in [0.2, 0.25) is 10.0 Å². The Balaban J connectivity index is 1.78. The molecule has 0 bridgehead atoms. The van der Waals surface area contributed by atoms with Crippen LogP contribution in [0.25, 0.3) is 0 Å². The van der Waals surface area contributed by atoms with Gasteiger partial charge in [0.1, 0.15) is 5.75 Å². The number of aryl methyl sites for hydroxylation is 1. The van der Waals surface area contributed by atoms with E-state index in [0.717, 1.165) is 18.6 Å². The number of hydrogen-bond acceptors (Lipinski definition) is 3. The predicted octanol–water partition coefficient (Wildman–Crippen LogP) is 2.05. The zero-order valence-corrected chi connectivity index (χ0v) is 12.3. The van der Waals surface area contributed by atoms with E-state index in [9.17, 15) is 8.42 Å². The lowest BCUT2D eigenvalue weighted by Crippen LogP contribution is -2.39. The molecule has 1 heterocycles. The summed E-state index contributed by atoms with van der Waals surface area (Å²) in [7, 11) is -3.03. The maximum Gasteiger partial charge on any atom is 0.211 e. The van der Waals surface area contributed by atoms with Gasteiger partial charge >= 0.3 is 0 Å². The Bertz CT molecular complexity index is 502. The summed E-state index contributed by atoms with van der Waals surface area (Å²) in [5.41, 5.74) is 1.22. The van der Waals surface area contributed by atoms with Crippen LogP contribution in [0, 0.1) is 12.8 Å². The van der Waals surface area contributed by atoms with E-state index in [1.165, 1.54) is 11.8 Å². The summed E-state index contributed by atoms with van der Waals surface area (Å²) in [6.07, 6.45) is 3.02. The first-order valence-electron chi connectivity index (χ1n) is 6.60. The number of hydrogen-bond donors (Lipinski definition) is 0. The Labute approximate surface area is 115 Å². The smallest absolute Gasteiger partial charge is 0.211 e. The minimum absolute atomic E-state index is 0.444. The SMILES string of the molecule is Cc1ccc(OCC2CCN(S(C)(=O)=O)CC2)cc1. The van der Waals surface area contributed by atoms with Crippen LogP contribution in [-0.4, -0.2) is 38.7 Å². The number of benzene rings is 1. The average Bonchev–Trinajstić information content (AvgIpc) is 2.37. The first-order valence-corrected chi connectivity index (χ1v) is 8.44. The van der Waals surface area contributed by atoms with Crippen LogP contribution < -0.4 is 4.74 Å². The Morgan fingerprint density at radius 3 is 2.32 bits per heavy atom. The van der Waals surface area contributed by atoms with Crippen LogP contribution in [0.1, 0.15) is 18.4 Å². The molecule has 0 aliphatic carbocycles. The molecule has 106 valence electrons. The minimum atomic E-state index is -3.03. The van der Waals surface area contributed by atoms with Gasteiger partial charge in [-0.1, -0.05) is 17.7 Å². The van der Waals surface area contributed by atoms with Gasteiger partial charge in [0, 0.05) is 13.1 Å². The van der Waals surface area contributed by atoms with Crippen molar-refractivity contribution in [2.24, 2.45) is 5.92 Å². The molecule has 1 aromatic rings. The molecule has 0 amide bonds. The lowest BCUT2D eigenvalue weighted by Gasteiger charge is -2.30. The summed E-state index contributed by atoms with van der Waals surface area (Å²) in [6.45, 7) is 3.94. The standard InChI is InChI=1S/C14H21NO3S/c1-12-3-5-14(6-4-12)18-11-13-7-9-15(10-8-13)19(2,16)17/h3-6,13H,7-11H2,1-2H3. The third-order valence-electron chi connectivity index (χ3n) is 3.55. The molecule has 0 aromatic heterocycles. The van der Waals surface area contributed by atoms with Crippen molar-refractivity contribution >= 4 is 10.0 Å². The monoisotopic (exact) mass is 283 g/mol. The van der Waals surface area contributed by atoms with Crippen molar-refractivity contribution in [2.45, 2.75) is 19.8 Å². The summed E-state index contributed by atoms with van der Waals surface area (Å²) in [6, 6.07) is 8.01. The molecule has 0 atom stereocenters. The van der Waals surface area contributed by atoms with Crippen LogP contribution in [0.15, 0.2) is 24.3 Å². The highest BCUT2D eigenvalue weighted by atomic mass is 32.2.